The van der Waals surface area contributed by atoms with Crippen LogP contribution in [0.1, 0.15) is 30.5 Å². The minimum Gasteiger partial charge on any atom is -0.324 e. The number of amides is 2. The van der Waals surface area contributed by atoms with Crippen molar-refractivity contribution >= 4 is 23.2 Å². The maximum atomic E-state index is 13.6. The number of rotatable bonds is 3. The average molecular weight is 340 g/mol. The van der Waals surface area contributed by atoms with Crippen LogP contribution in [-0.2, 0) is 15.0 Å². The third-order valence-corrected chi connectivity index (χ3v) is 4.65. The lowest BCUT2D eigenvalue weighted by Gasteiger charge is -2.20. The fourth-order valence-corrected chi connectivity index (χ4v) is 3.12. The molecule has 2 aromatic carbocycles. The summed E-state index contributed by atoms with van der Waals surface area (Å²) in [5.41, 5.74) is 2.97. The number of carbonyl (C=O) groups is 2. The molecule has 1 heterocycles. The molecule has 2 amide bonds. The highest BCUT2D eigenvalue weighted by molar-refractivity contribution is 6.11. The summed E-state index contributed by atoms with van der Waals surface area (Å²) in [6.45, 7) is 7.25. The highest BCUT2D eigenvalue weighted by atomic mass is 19.1. The molecule has 0 aliphatic carbocycles. The zero-order valence-corrected chi connectivity index (χ0v) is 14.8. The summed E-state index contributed by atoms with van der Waals surface area (Å²) in [5, 5.41) is 2.65. The van der Waals surface area contributed by atoms with Gasteiger partial charge in [-0.15, -0.1) is 0 Å². The lowest BCUT2D eigenvalue weighted by atomic mass is 9.85. The van der Waals surface area contributed by atoms with Crippen LogP contribution >= 0.6 is 0 Å². The number of anilines is 2. The van der Waals surface area contributed by atoms with Gasteiger partial charge in [0.2, 0.25) is 11.8 Å². The number of hydrogen-bond acceptors (Lipinski definition) is 2. The van der Waals surface area contributed by atoms with Gasteiger partial charge in [-0.1, -0.05) is 23.8 Å². The quantitative estimate of drug-likeness (QED) is 0.926. The maximum absolute atomic E-state index is 13.6. The Labute approximate surface area is 146 Å². The molecule has 3 rings (SSSR count). The van der Waals surface area contributed by atoms with E-state index in [0.717, 1.165) is 16.8 Å². The summed E-state index contributed by atoms with van der Waals surface area (Å²) < 4.78 is 13.6. The molecule has 2 aromatic rings. The van der Waals surface area contributed by atoms with Crippen LogP contribution in [0.2, 0.25) is 0 Å². The zero-order valence-electron chi connectivity index (χ0n) is 14.8. The second kappa shape index (κ2) is 5.99. The normalized spacial score (nSPS) is 15.2. The molecule has 0 aromatic heterocycles. The van der Waals surface area contributed by atoms with Gasteiger partial charge >= 0.3 is 0 Å². The number of halogens is 1. The Morgan fingerprint density at radius 3 is 2.56 bits per heavy atom. The van der Waals surface area contributed by atoms with E-state index in [1.54, 1.807) is 19.1 Å². The number of nitrogens with zero attached hydrogens (tertiary/aromatic N) is 1. The first kappa shape index (κ1) is 17.1. The molecule has 0 fully saturated rings. The van der Waals surface area contributed by atoms with Gasteiger partial charge in [-0.25, -0.2) is 4.39 Å². The van der Waals surface area contributed by atoms with Gasteiger partial charge in [0.15, 0.2) is 0 Å². The summed E-state index contributed by atoms with van der Waals surface area (Å²) >= 11 is 0. The van der Waals surface area contributed by atoms with E-state index in [-0.39, 0.29) is 24.2 Å². The molecule has 0 bridgehead atoms. The third-order valence-electron chi connectivity index (χ3n) is 4.65. The average Bonchev–Trinajstić information content (AvgIpc) is 2.72. The minimum absolute atomic E-state index is 0.103. The number of carbonyl (C=O) groups excluding carboxylic acids is 2. The Kier molecular flexibility index (Phi) is 4.11. The molecular formula is C20H21FN2O2. The second-order valence-corrected chi connectivity index (χ2v) is 7.05. The van der Waals surface area contributed by atoms with Crippen LogP contribution in [0, 0.1) is 19.7 Å². The molecule has 0 saturated carbocycles. The van der Waals surface area contributed by atoms with Crippen molar-refractivity contribution in [2.24, 2.45) is 0 Å². The fourth-order valence-electron chi connectivity index (χ4n) is 3.12. The minimum atomic E-state index is -0.669. The van der Waals surface area contributed by atoms with Gasteiger partial charge in [0.05, 0.1) is 5.41 Å². The maximum Gasteiger partial charge on any atom is 0.244 e. The number of aryl methyl sites for hydroxylation is 2. The van der Waals surface area contributed by atoms with Crippen LogP contribution in [-0.4, -0.2) is 18.4 Å². The van der Waals surface area contributed by atoms with Crippen molar-refractivity contribution in [1.82, 2.24) is 0 Å². The number of nitrogens with one attached hydrogen (secondary N) is 1. The molecule has 0 atom stereocenters. The molecule has 25 heavy (non-hydrogen) atoms. The van der Waals surface area contributed by atoms with Crippen molar-refractivity contribution in [3.8, 4) is 0 Å². The molecule has 0 radical (unpaired) electrons. The number of benzene rings is 2. The first-order valence-electron chi connectivity index (χ1n) is 8.19. The number of hydrogen-bond donors (Lipinski definition) is 1. The van der Waals surface area contributed by atoms with Crippen molar-refractivity contribution in [3.63, 3.8) is 0 Å². The fraction of sp³-hybridized carbons (Fsp3) is 0.300. The highest BCUT2D eigenvalue weighted by Crippen LogP contribution is 2.41. The molecule has 1 aliphatic heterocycles. The summed E-state index contributed by atoms with van der Waals surface area (Å²) in [6.07, 6.45) is 0. The van der Waals surface area contributed by atoms with Crippen molar-refractivity contribution < 1.29 is 14.0 Å². The van der Waals surface area contributed by atoms with E-state index in [9.17, 15) is 14.0 Å². The summed E-state index contributed by atoms with van der Waals surface area (Å²) in [4.78, 5) is 26.6. The summed E-state index contributed by atoms with van der Waals surface area (Å²) in [5.74, 6) is -0.851. The van der Waals surface area contributed by atoms with Crippen LogP contribution in [0.4, 0.5) is 15.8 Å². The standard InChI is InChI=1S/C20H21FN2O2/c1-12-5-8-17-15(9-12)20(3,4)19(25)23(17)11-18(24)22-14-7-6-13(2)16(21)10-14/h5-10H,11H2,1-4H3,(H,22,24). The molecule has 1 N–H and O–H groups in total. The highest BCUT2D eigenvalue weighted by Gasteiger charge is 2.44. The van der Waals surface area contributed by atoms with Crippen molar-refractivity contribution in [2.75, 3.05) is 16.8 Å². The first-order valence-corrected chi connectivity index (χ1v) is 8.19. The largest absolute Gasteiger partial charge is 0.324 e. The smallest absolute Gasteiger partial charge is 0.244 e. The SMILES string of the molecule is Cc1ccc2c(c1)C(C)(C)C(=O)N2CC(=O)Nc1ccc(C)c(F)c1. The van der Waals surface area contributed by atoms with Gasteiger partial charge in [0, 0.05) is 11.4 Å². The lowest BCUT2D eigenvalue weighted by Crippen LogP contribution is -2.40. The molecule has 0 saturated heterocycles. The van der Waals surface area contributed by atoms with Crippen LogP contribution in [0.5, 0.6) is 0 Å². The van der Waals surface area contributed by atoms with E-state index in [4.69, 9.17) is 0 Å². The van der Waals surface area contributed by atoms with Gasteiger partial charge in [-0.3, -0.25) is 9.59 Å². The van der Waals surface area contributed by atoms with E-state index < -0.39 is 5.41 Å². The Bertz CT molecular complexity index is 874. The van der Waals surface area contributed by atoms with Crippen LogP contribution in [0.25, 0.3) is 0 Å². The Morgan fingerprint density at radius 1 is 1.16 bits per heavy atom. The van der Waals surface area contributed by atoms with Gasteiger partial charge in [0.25, 0.3) is 0 Å². The predicted octanol–water partition coefficient (Wildman–Crippen LogP) is 3.71. The van der Waals surface area contributed by atoms with Gasteiger partial charge in [-0.2, -0.15) is 0 Å². The van der Waals surface area contributed by atoms with Gasteiger partial charge in [-0.05, 0) is 57.0 Å². The van der Waals surface area contributed by atoms with E-state index in [1.165, 1.54) is 11.0 Å². The third kappa shape index (κ3) is 3.02. The van der Waals surface area contributed by atoms with Gasteiger partial charge in [0.1, 0.15) is 12.4 Å². The van der Waals surface area contributed by atoms with E-state index in [0.29, 0.717) is 11.3 Å². The summed E-state index contributed by atoms with van der Waals surface area (Å²) in [7, 11) is 0. The first-order chi connectivity index (χ1) is 11.7. The van der Waals surface area contributed by atoms with Crippen molar-refractivity contribution in [2.45, 2.75) is 33.1 Å². The molecule has 5 heteroatoms. The van der Waals surface area contributed by atoms with E-state index in [1.807, 2.05) is 39.0 Å². The Balaban J connectivity index is 1.82. The number of fused-ring (bicyclic) bond motifs is 1. The molecule has 0 spiro atoms. The van der Waals surface area contributed by atoms with E-state index >= 15 is 0 Å². The van der Waals surface area contributed by atoms with Crippen LogP contribution in [0.3, 0.4) is 0 Å². The van der Waals surface area contributed by atoms with Gasteiger partial charge < -0.3 is 10.2 Å². The van der Waals surface area contributed by atoms with E-state index in [2.05, 4.69) is 5.32 Å². The molecule has 130 valence electrons. The topological polar surface area (TPSA) is 49.4 Å². The summed E-state index contributed by atoms with van der Waals surface area (Å²) in [6, 6.07) is 10.3. The van der Waals surface area contributed by atoms with Crippen molar-refractivity contribution in [1.29, 1.82) is 0 Å². The Morgan fingerprint density at radius 2 is 1.88 bits per heavy atom. The van der Waals surface area contributed by atoms with Crippen molar-refractivity contribution in [3.05, 3.63) is 58.9 Å². The van der Waals surface area contributed by atoms with Crippen LogP contribution < -0.4 is 10.2 Å². The predicted molar refractivity (Wildman–Crippen MR) is 96.3 cm³/mol. The monoisotopic (exact) mass is 340 g/mol. The molecule has 1 aliphatic rings. The Hall–Kier alpha value is -2.69. The zero-order chi connectivity index (χ0) is 18.4. The second-order valence-electron chi connectivity index (χ2n) is 7.05. The lowest BCUT2D eigenvalue weighted by molar-refractivity contribution is -0.124. The molecular weight excluding hydrogens is 319 g/mol. The molecule has 0 unspecified atom stereocenters. The van der Waals surface area contributed by atoms with Crippen LogP contribution in [0.15, 0.2) is 36.4 Å². The molecule has 4 nitrogen and oxygen atoms in total.